The molecule has 2 fully saturated rings. The fraction of sp³-hybridized carbons (Fsp3) is 0.722. The maximum Gasteiger partial charge on any atom is 0.228 e. The standard InChI is InChI=1S/C18H26N4O2/c1-12-9-15(12)18(24)22-8-7-21-11-14(19-17(21)13(22)2)10-16(23)20-5-3-4-6-20/h11-13,15H,3-10H2,1-2H3/t12-,13-,15+/m1/s1. The topological polar surface area (TPSA) is 58.4 Å². The number of carbonyl (C=O) groups excluding carboxylic acids is 2. The molecule has 0 N–H and O–H groups in total. The van der Waals surface area contributed by atoms with Crippen LogP contribution in [0.25, 0.3) is 0 Å². The van der Waals surface area contributed by atoms with Crippen molar-refractivity contribution in [2.24, 2.45) is 11.8 Å². The molecule has 0 bridgehead atoms. The van der Waals surface area contributed by atoms with Crippen LogP contribution < -0.4 is 0 Å². The Hall–Kier alpha value is -1.85. The van der Waals surface area contributed by atoms with Crippen molar-refractivity contribution in [3.05, 3.63) is 17.7 Å². The van der Waals surface area contributed by atoms with Crippen LogP contribution >= 0.6 is 0 Å². The molecule has 130 valence electrons. The average molecular weight is 330 g/mol. The van der Waals surface area contributed by atoms with E-state index < -0.39 is 0 Å². The van der Waals surface area contributed by atoms with Crippen molar-refractivity contribution in [1.82, 2.24) is 19.4 Å². The molecule has 3 aliphatic rings. The first-order valence-corrected chi connectivity index (χ1v) is 9.19. The van der Waals surface area contributed by atoms with Crippen molar-refractivity contribution in [2.45, 2.75) is 52.1 Å². The Labute approximate surface area is 142 Å². The molecule has 6 heteroatoms. The third-order valence-electron chi connectivity index (χ3n) is 5.78. The highest BCUT2D eigenvalue weighted by Gasteiger charge is 2.44. The van der Waals surface area contributed by atoms with Crippen LogP contribution in [0.2, 0.25) is 0 Å². The van der Waals surface area contributed by atoms with Crippen molar-refractivity contribution in [1.29, 1.82) is 0 Å². The van der Waals surface area contributed by atoms with Crippen molar-refractivity contribution in [3.63, 3.8) is 0 Å². The quantitative estimate of drug-likeness (QED) is 0.846. The van der Waals surface area contributed by atoms with Gasteiger partial charge >= 0.3 is 0 Å². The summed E-state index contributed by atoms with van der Waals surface area (Å²) < 4.78 is 2.12. The molecule has 6 nitrogen and oxygen atoms in total. The number of rotatable bonds is 3. The zero-order valence-electron chi connectivity index (χ0n) is 14.6. The van der Waals surface area contributed by atoms with Crippen molar-refractivity contribution >= 4 is 11.8 Å². The van der Waals surface area contributed by atoms with Gasteiger partial charge in [-0.2, -0.15) is 0 Å². The fourth-order valence-corrected chi connectivity index (χ4v) is 4.05. The van der Waals surface area contributed by atoms with Crippen LogP contribution in [-0.4, -0.2) is 50.8 Å². The van der Waals surface area contributed by atoms with Gasteiger partial charge < -0.3 is 14.4 Å². The number of amides is 2. The lowest BCUT2D eigenvalue weighted by molar-refractivity contribution is -0.136. The first-order chi connectivity index (χ1) is 11.5. The monoisotopic (exact) mass is 330 g/mol. The van der Waals surface area contributed by atoms with E-state index in [1.807, 2.05) is 16.0 Å². The highest BCUT2D eigenvalue weighted by Crippen LogP contribution is 2.41. The van der Waals surface area contributed by atoms with Gasteiger partial charge in [-0.25, -0.2) is 4.98 Å². The molecule has 4 rings (SSSR count). The number of likely N-dealkylation sites (tertiary alicyclic amines) is 1. The SMILES string of the molecule is C[C@@H]1C[C@@H]1C(=O)N1CCn2cc(CC(=O)N3CCCC3)nc2[C@H]1C. The second kappa shape index (κ2) is 5.90. The molecule has 1 aromatic rings. The lowest BCUT2D eigenvalue weighted by atomic mass is 10.1. The van der Waals surface area contributed by atoms with Gasteiger partial charge in [-0.3, -0.25) is 9.59 Å². The molecule has 0 unspecified atom stereocenters. The lowest BCUT2D eigenvalue weighted by Crippen LogP contribution is -2.42. The van der Waals surface area contributed by atoms with Gasteiger partial charge in [-0.15, -0.1) is 0 Å². The van der Waals surface area contributed by atoms with E-state index in [0.29, 0.717) is 12.3 Å². The normalized spacial score (nSPS) is 28.8. The van der Waals surface area contributed by atoms with E-state index in [4.69, 9.17) is 4.98 Å². The third-order valence-corrected chi connectivity index (χ3v) is 5.78. The summed E-state index contributed by atoms with van der Waals surface area (Å²) in [6, 6.07) is -0.00492. The minimum absolute atomic E-state index is 0.00492. The van der Waals surface area contributed by atoms with E-state index in [-0.39, 0.29) is 23.8 Å². The average Bonchev–Trinajstić information content (AvgIpc) is 2.96. The van der Waals surface area contributed by atoms with E-state index in [2.05, 4.69) is 18.4 Å². The highest BCUT2D eigenvalue weighted by atomic mass is 16.2. The Morgan fingerprint density at radius 3 is 2.54 bits per heavy atom. The number of nitrogens with zero attached hydrogens (tertiary/aromatic N) is 4. The van der Waals surface area contributed by atoms with E-state index in [1.165, 1.54) is 0 Å². The first kappa shape index (κ1) is 15.7. The van der Waals surface area contributed by atoms with E-state index in [1.54, 1.807) is 0 Å². The van der Waals surface area contributed by atoms with Gasteiger partial charge in [0.25, 0.3) is 0 Å². The number of hydrogen-bond donors (Lipinski definition) is 0. The Morgan fingerprint density at radius 1 is 1.17 bits per heavy atom. The molecule has 3 heterocycles. The largest absolute Gasteiger partial charge is 0.342 e. The zero-order valence-corrected chi connectivity index (χ0v) is 14.6. The molecule has 24 heavy (non-hydrogen) atoms. The summed E-state index contributed by atoms with van der Waals surface area (Å²) in [7, 11) is 0. The molecule has 3 atom stereocenters. The van der Waals surface area contributed by atoms with Gasteiger partial charge in [-0.05, 0) is 32.1 Å². The molecule has 0 radical (unpaired) electrons. The molecular weight excluding hydrogens is 304 g/mol. The molecule has 0 spiro atoms. The Bertz CT molecular complexity index is 662. The summed E-state index contributed by atoms with van der Waals surface area (Å²) in [6.07, 6.45) is 5.62. The van der Waals surface area contributed by atoms with Crippen molar-refractivity contribution in [3.8, 4) is 0 Å². The smallest absolute Gasteiger partial charge is 0.228 e. The maximum absolute atomic E-state index is 12.6. The fourth-order valence-electron chi connectivity index (χ4n) is 4.05. The van der Waals surface area contributed by atoms with Crippen LogP contribution in [0.3, 0.4) is 0 Å². The van der Waals surface area contributed by atoms with Gasteiger partial charge in [0.15, 0.2) is 0 Å². The summed E-state index contributed by atoms with van der Waals surface area (Å²) in [5.74, 6) is 2.12. The zero-order chi connectivity index (χ0) is 16.8. The summed E-state index contributed by atoms with van der Waals surface area (Å²) >= 11 is 0. The molecule has 0 aromatic carbocycles. The van der Waals surface area contributed by atoms with Crippen LogP contribution in [0.15, 0.2) is 6.20 Å². The van der Waals surface area contributed by atoms with Crippen LogP contribution in [0.5, 0.6) is 0 Å². The van der Waals surface area contributed by atoms with Crippen LogP contribution in [0.4, 0.5) is 0 Å². The van der Waals surface area contributed by atoms with E-state index >= 15 is 0 Å². The summed E-state index contributed by atoms with van der Waals surface area (Å²) in [5, 5.41) is 0. The minimum Gasteiger partial charge on any atom is -0.342 e. The Morgan fingerprint density at radius 2 is 1.88 bits per heavy atom. The summed E-state index contributed by atoms with van der Waals surface area (Å²) in [4.78, 5) is 33.5. The molecule has 2 aliphatic heterocycles. The number of imidazole rings is 1. The molecule has 1 saturated heterocycles. The molecular formula is C18H26N4O2. The first-order valence-electron chi connectivity index (χ1n) is 9.19. The Kier molecular flexibility index (Phi) is 3.85. The van der Waals surface area contributed by atoms with Gasteiger partial charge in [0, 0.05) is 38.3 Å². The number of aromatic nitrogens is 2. The van der Waals surface area contributed by atoms with Gasteiger partial charge in [-0.1, -0.05) is 6.92 Å². The number of carbonyl (C=O) groups is 2. The van der Waals surface area contributed by atoms with Gasteiger partial charge in [0.1, 0.15) is 5.82 Å². The number of hydrogen-bond acceptors (Lipinski definition) is 3. The summed E-state index contributed by atoms with van der Waals surface area (Å²) in [5.41, 5.74) is 0.836. The maximum atomic E-state index is 12.6. The third kappa shape index (κ3) is 2.72. The molecule has 1 aliphatic carbocycles. The van der Waals surface area contributed by atoms with Crippen LogP contribution in [0, 0.1) is 11.8 Å². The predicted octanol–water partition coefficient (Wildman–Crippen LogP) is 1.61. The van der Waals surface area contributed by atoms with Crippen molar-refractivity contribution < 1.29 is 9.59 Å². The van der Waals surface area contributed by atoms with Crippen LogP contribution in [-0.2, 0) is 22.6 Å². The van der Waals surface area contributed by atoms with Crippen molar-refractivity contribution in [2.75, 3.05) is 19.6 Å². The minimum atomic E-state index is -0.00492. The predicted molar refractivity (Wildman–Crippen MR) is 89.1 cm³/mol. The molecule has 1 saturated carbocycles. The molecule has 1 aromatic heterocycles. The lowest BCUT2D eigenvalue weighted by Gasteiger charge is -2.34. The van der Waals surface area contributed by atoms with E-state index in [0.717, 1.165) is 57.0 Å². The Balaban J connectivity index is 1.46. The second-order valence-corrected chi connectivity index (χ2v) is 7.58. The van der Waals surface area contributed by atoms with Crippen LogP contribution in [0.1, 0.15) is 50.7 Å². The second-order valence-electron chi connectivity index (χ2n) is 7.58. The summed E-state index contributed by atoms with van der Waals surface area (Å²) in [6.45, 7) is 7.47. The van der Waals surface area contributed by atoms with E-state index in [9.17, 15) is 9.59 Å². The highest BCUT2D eigenvalue weighted by molar-refractivity contribution is 5.82. The molecule has 2 amide bonds. The number of fused-ring (bicyclic) bond motifs is 1. The van der Waals surface area contributed by atoms with Gasteiger partial charge in [0.05, 0.1) is 18.2 Å². The van der Waals surface area contributed by atoms with Gasteiger partial charge in [0.2, 0.25) is 11.8 Å².